The molecule has 4 heterocycles. The first-order chi connectivity index (χ1) is 12.5. The number of hydrogen-bond donors (Lipinski definition) is 1. The Morgan fingerprint density at radius 1 is 1.15 bits per heavy atom. The van der Waals surface area contributed by atoms with E-state index in [0.29, 0.717) is 23.1 Å². The first kappa shape index (κ1) is 17.7. The van der Waals surface area contributed by atoms with Gasteiger partial charge in [-0.05, 0) is 31.2 Å². The second-order valence-corrected chi connectivity index (χ2v) is 9.67. The van der Waals surface area contributed by atoms with Crippen molar-refractivity contribution in [2.45, 2.75) is 29.8 Å². The minimum Gasteiger partial charge on any atom is -0.356 e. The van der Waals surface area contributed by atoms with Crippen LogP contribution in [0.15, 0.2) is 34.7 Å². The number of nitrogens with zero attached hydrogens (tertiary/aromatic N) is 2. The molecule has 4 rings (SSSR count). The van der Waals surface area contributed by atoms with E-state index in [4.69, 9.17) is 9.47 Å². The minimum absolute atomic E-state index is 0.303. The summed E-state index contributed by atoms with van der Waals surface area (Å²) in [6.07, 6.45) is 3.17. The Morgan fingerprint density at radius 2 is 1.88 bits per heavy atom. The fraction of sp³-hybridized carbons (Fsp3) is 0.471. The van der Waals surface area contributed by atoms with Crippen LogP contribution in [0.1, 0.15) is 17.7 Å². The fourth-order valence-electron chi connectivity index (χ4n) is 3.26. The summed E-state index contributed by atoms with van der Waals surface area (Å²) in [7, 11) is -3.56. The SMILES string of the molecule is Cc1ccc(S(=O)(=O)Nc2ccc(N3CCC4(CC3)OCCO4)nc2)s1. The van der Waals surface area contributed by atoms with Crippen molar-refractivity contribution < 1.29 is 17.9 Å². The number of piperidine rings is 1. The summed E-state index contributed by atoms with van der Waals surface area (Å²) in [4.78, 5) is 7.54. The summed E-state index contributed by atoms with van der Waals surface area (Å²) < 4.78 is 39.1. The standard InChI is InChI=1S/C17H21N3O4S2/c1-13-2-5-16(25-13)26(21,22)19-14-3-4-15(18-12-14)20-8-6-17(7-9-20)23-10-11-24-17/h2-5,12,19H,6-11H2,1H3. The molecular weight excluding hydrogens is 374 g/mol. The third-order valence-electron chi connectivity index (χ3n) is 4.64. The highest BCUT2D eigenvalue weighted by molar-refractivity contribution is 7.94. The number of aromatic nitrogens is 1. The molecule has 0 unspecified atom stereocenters. The molecule has 2 aliphatic rings. The van der Waals surface area contributed by atoms with Gasteiger partial charge in [0, 0.05) is 30.8 Å². The van der Waals surface area contributed by atoms with Crippen molar-refractivity contribution >= 4 is 32.9 Å². The van der Waals surface area contributed by atoms with Crippen LogP contribution in [0.4, 0.5) is 11.5 Å². The van der Waals surface area contributed by atoms with E-state index in [-0.39, 0.29) is 0 Å². The number of nitrogens with one attached hydrogen (secondary N) is 1. The normalized spacial score (nSPS) is 19.8. The monoisotopic (exact) mass is 395 g/mol. The van der Waals surface area contributed by atoms with E-state index in [1.807, 2.05) is 13.0 Å². The lowest BCUT2D eigenvalue weighted by molar-refractivity contribution is -0.169. The van der Waals surface area contributed by atoms with E-state index in [1.54, 1.807) is 24.4 Å². The Kier molecular flexibility index (Phi) is 4.64. The van der Waals surface area contributed by atoms with Gasteiger partial charge in [0.15, 0.2) is 5.79 Å². The Balaban J connectivity index is 1.41. The lowest BCUT2D eigenvalue weighted by Crippen LogP contribution is -2.45. The van der Waals surface area contributed by atoms with Gasteiger partial charge in [-0.25, -0.2) is 13.4 Å². The average Bonchev–Trinajstić information content (AvgIpc) is 3.26. The van der Waals surface area contributed by atoms with Crippen LogP contribution in [0.2, 0.25) is 0 Å². The van der Waals surface area contributed by atoms with E-state index in [9.17, 15) is 8.42 Å². The predicted molar refractivity (Wildman–Crippen MR) is 100 cm³/mol. The van der Waals surface area contributed by atoms with Crippen molar-refractivity contribution in [1.82, 2.24) is 4.98 Å². The molecule has 0 radical (unpaired) electrons. The second kappa shape index (κ2) is 6.80. The van der Waals surface area contributed by atoms with Gasteiger partial charge in [0.05, 0.1) is 25.1 Å². The van der Waals surface area contributed by atoms with Gasteiger partial charge in [-0.1, -0.05) is 0 Å². The van der Waals surface area contributed by atoms with E-state index < -0.39 is 15.8 Å². The Morgan fingerprint density at radius 3 is 2.46 bits per heavy atom. The van der Waals surface area contributed by atoms with Crippen molar-refractivity contribution in [3.8, 4) is 0 Å². The Labute approximate surface area is 157 Å². The molecule has 140 valence electrons. The first-order valence-electron chi connectivity index (χ1n) is 8.54. The van der Waals surface area contributed by atoms with Crippen molar-refractivity contribution in [2.24, 2.45) is 0 Å². The lowest BCUT2D eigenvalue weighted by Gasteiger charge is -2.38. The minimum atomic E-state index is -3.56. The number of aryl methyl sites for hydroxylation is 1. The molecule has 0 aromatic carbocycles. The molecule has 2 aliphatic heterocycles. The zero-order chi connectivity index (χ0) is 18.2. The maximum Gasteiger partial charge on any atom is 0.271 e. The van der Waals surface area contributed by atoms with Crippen molar-refractivity contribution in [3.63, 3.8) is 0 Å². The first-order valence-corrected chi connectivity index (χ1v) is 10.8. The number of sulfonamides is 1. The number of thiophene rings is 1. The van der Waals surface area contributed by atoms with Crippen LogP contribution in [0, 0.1) is 6.92 Å². The maximum atomic E-state index is 12.4. The predicted octanol–water partition coefficient (Wildman–Crippen LogP) is 2.60. The molecular formula is C17H21N3O4S2. The van der Waals surface area contributed by atoms with Gasteiger partial charge < -0.3 is 14.4 Å². The third-order valence-corrected chi connectivity index (χ3v) is 7.52. The number of pyridine rings is 1. The molecule has 7 nitrogen and oxygen atoms in total. The summed E-state index contributed by atoms with van der Waals surface area (Å²) in [5, 5.41) is 0. The van der Waals surface area contributed by atoms with Crippen LogP contribution < -0.4 is 9.62 Å². The average molecular weight is 396 g/mol. The zero-order valence-electron chi connectivity index (χ0n) is 14.5. The number of anilines is 2. The summed E-state index contributed by atoms with van der Waals surface area (Å²) in [5.41, 5.74) is 0.454. The van der Waals surface area contributed by atoms with Gasteiger partial charge in [0.1, 0.15) is 10.0 Å². The van der Waals surface area contributed by atoms with Crippen LogP contribution >= 0.6 is 11.3 Å². The molecule has 1 spiro atoms. The molecule has 2 aromatic heterocycles. The third kappa shape index (κ3) is 3.57. The molecule has 0 saturated carbocycles. The molecule has 1 N–H and O–H groups in total. The molecule has 0 amide bonds. The van der Waals surface area contributed by atoms with Gasteiger partial charge >= 0.3 is 0 Å². The van der Waals surface area contributed by atoms with Crippen LogP contribution in [-0.4, -0.2) is 45.5 Å². The van der Waals surface area contributed by atoms with Gasteiger partial charge in [0.25, 0.3) is 10.0 Å². The zero-order valence-corrected chi connectivity index (χ0v) is 16.1. The molecule has 2 saturated heterocycles. The Bertz CT molecular complexity index is 864. The number of rotatable bonds is 4. The van der Waals surface area contributed by atoms with E-state index in [0.717, 1.165) is 36.6 Å². The van der Waals surface area contributed by atoms with E-state index in [1.165, 1.54) is 11.3 Å². The molecule has 26 heavy (non-hydrogen) atoms. The van der Waals surface area contributed by atoms with Crippen LogP contribution in [0.5, 0.6) is 0 Å². The Hall–Kier alpha value is -1.68. The van der Waals surface area contributed by atoms with Crippen molar-refractivity contribution in [1.29, 1.82) is 0 Å². The van der Waals surface area contributed by atoms with Gasteiger partial charge in [-0.2, -0.15) is 0 Å². The summed E-state index contributed by atoms with van der Waals surface area (Å²) in [6.45, 7) is 4.80. The fourth-order valence-corrected chi connectivity index (χ4v) is 5.58. The summed E-state index contributed by atoms with van der Waals surface area (Å²) in [5.74, 6) is 0.415. The highest BCUT2D eigenvalue weighted by Gasteiger charge is 2.40. The summed E-state index contributed by atoms with van der Waals surface area (Å²) >= 11 is 1.25. The molecule has 9 heteroatoms. The van der Waals surface area contributed by atoms with Crippen molar-refractivity contribution in [3.05, 3.63) is 35.3 Å². The van der Waals surface area contributed by atoms with Gasteiger partial charge in [-0.15, -0.1) is 11.3 Å². The van der Waals surface area contributed by atoms with E-state index >= 15 is 0 Å². The topological polar surface area (TPSA) is 80.8 Å². The van der Waals surface area contributed by atoms with Gasteiger partial charge in [0.2, 0.25) is 0 Å². The van der Waals surface area contributed by atoms with Gasteiger partial charge in [-0.3, -0.25) is 4.72 Å². The molecule has 2 fully saturated rings. The molecule has 0 atom stereocenters. The lowest BCUT2D eigenvalue weighted by atomic mass is 10.0. The largest absolute Gasteiger partial charge is 0.356 e. The molecule has 2 aromatic rings. The smallest absolute Gasteiger partial charge is 0.271 e. The molecule has 0 bridgehead atoms. The summed E-state index contributed by atoms with van der Waals surface area (Å²) in [6, 6.07) is 6.99. The second-order valence-electron chi connectivity index (χ2n) is 6.47. The highest BCUT2D eigenvalue weighted by Crippen LogP contribution is 2.33. The van der Waals surface area contributed by atoms with Crippen LogP contribution in [0.25, 0.3) is 0 Å². The van der Waals surface area contributed by atoms with Crippen LogP contribution in [0.3, 0.4) is 0 Å². The highest BCUT2D eigenvalue weighted by atomic mass is 32.2. The van der Waals surface area contributed by atoms with E-state index in [2.05, 4.69) is 14.6 Å². The van der Waals surface area contributed by atoms with Crippen molar-refractivity contribution in [2.75, 3.05) is 35.9 Å². The number of hydrogen-bond acceptors (Lipinski definition) is 7. The number of ether oxygens (including phenoxy) is 2. The quantitative estimate of drug-likeness (QED) is 0.857. The maximum absolute atomic E-state index is 12.4. The molecule has 0 aliphatic carbocycles. The van der Waals surface area contributed by atoms with Crippen LogP contribution in [-0.2, 0) is 19.5 Å².